The van der Waals surface area contributed by atoms with Gasteiger partial charge in [0, 0.05) is 18.6 Å². The minimum Gasteiger partial charge on any atom is -0.481 e. The number of amides is 1. The predicted molar refractivity (Wildman–Crippen MR) is 157 cm³/mol. The van der Waals surface area contributed by atoms with Crippen molar-refractivity contribution >= 4 is 47.0 Å². The Morgan fingerprint density at radius 1 is 0.842 bits per heavy atom. The van der Waals surface area contributed by atoms with Crippen LogP contribution in [0.2, 0.25) is 0 Å². The van der Waals surface area contributed by atoms with Crippen LogP contribution in [0.3, 0.4) is 0 Å². The highest BCUT2D eigenvalue weighted by atomic mass is 127. The van der Waals surface area contributed by atoms with Crippen LogP contribution < -0.4 is 10.8 Å². The van der Waals surface area contributed by atoms with Gasteiger partial charge in [-0.25, -0.2) is 0 Å². The lowest BCUT2D eigenvalue weighted by Gasteiger charge is -2.14. The minimum atomic E-state index is -1.42. The molecule has 2 aliphatic rings. The Bertz CT molecular complexity index is 1050. The first-order chi connectivity index (χ1) is 18.4. The molecule has 3 heterocycles. The fourth-order valence-electron chi connectivity index (χ4n) is 3.72. The highest BCUT2D eigenvalue weighted by Crippen LogP contribution is 2.10. The molecule has 0 atom stereocenters. The molecule has 0 spiro atoms. The Labute approximate surface area is 238 Å². The van der Waals surface area contributed by atoms with Gasteiger partial charge in [0.25, 0.3) is 0 Å². The summed E-state index contributed by atoms with van der Waals surface area (Å²) < 4.78 is 5.40. The number of hydrogen-bond donors (Lipinski definition) is 4. The molecule has 2 fully saturated rings. The fourth-order valence-corrected chi connectivity index (χ4v) is 4.27. The molecule has 2 aromatic carbocycles. The van der Waals surface area contributed by atoms with Crippen molar-refractivity contribution in [3.63, 3.8) is 0 Å². The molecule has 2 aliphatic heterocycles. The third kappa shape index (κ3) is 13.2. The molecule has 3 aromatic rings. The quantitative estimate of drug-likeness (QED) is 0.252. The van der Waals surface area contributed by atoms with Crippen LogP contribution >= 0.6 is 22.6 Å². The van der Waals surface area contributed by atoms with Gasteiger partial charge >= 0.3 is 13.1 Å². The second-order valence-corrected chi connectivity index (χ2v) is 9.97. The average molecular weight is 634 g/mol. The molecule has 0 aliphatic carbocycles. The maximum absolute atomic E-state index is 11.7. The third-order valence-electron chi connectivity index (χ3n) is 5.73. The Balaban J connectivity index is 0.000000188. The van der Waals surface area contributed by atoms with Crippen molar-refractivity contribution in [1.82, 2.24) is 10.2 Å². The molecule has 2 saturated heterocycles. The first kappa shape index (κ1) is 31.6. The Morgan fingerprint density at radius 3 is 1.74 bits per heavy atom. The highest BCUT2D eigenvalue weighted by Gasteiger charge is 2.17. The van der Waals surface area contributed by atoms with Crippen molar-refractivity contribution in [1.29, 1.82) is 0 Å². The molecule has 4 N–H and O–H groups in total. The van der Waals surface area contributed by atoms with Gasteiger partial charge < -0.3 is 29.8 Å². The SMILES string of the molecule is C1CCNC1.O=C(Cc1ccccc1)N1CCCC1.O=C(O)Cc1ccccc1.OB(O)c1cocc1I. The number of nitrogens with one attached hydrogen (secondary N) is 1. The van der Waals surface area contributed by atoms with Crippen LogP contribution in [0.4, 0.5) is 0 Å². The monoisotopic (exact) mass is 634 g/mol. The van der Waals surface area contributed by atoms with E-state index < -0.39 is 13.1 Å². The van der Waals surface area contributed by atoms with Crippen LogP contribution in [-0.4, -0.2) is 65.2 Å². The summed E-state index contributed by atoms with van der Waals surface area (Å²) in [5, 5.41) is 28.8. The van der Waals surface area contributed by atoms with E-state index in [4.69, 9.17) is 15.2 Å². The van der Waals surface area contributed by atoms with Crippen LogP contribution in [-0.2, 0) is 22.4 Å². The summed E-state index contributed by atoms with van der Waals surface area (Å²) in [5.41, 5.74) is 2.37. The normalized spacial score (nSPS) is 13.7. The predicted octanol–water partition coefficient (Wildman–Crippen LogP) is 3.10. The van der Waals surface area contributed by atoms with Gasteiger partial charge in [0.1, 0.15) is 6.26 Å². The zero-order valence-corrected chi connectivity index (χ0v) is 23.6. The maximum atomic E-state index is 11.7. The zero-order chi connectivity index (χ0) is 27.6. The van der Waals surface area contributed by atoms with Gasteiger partial charge in [0.05, 0.1) is 22.7 Å². The van der Waals surface area contributed by atoms with Crippen molar-refractivity contribution in [2.24, 2.45) is 0 Å². The number of aliphatic carboxylic acids is 1. The number of furan rings is 1. The van der Waals surface area contributed by atoms with E-state index in [0.29, 0.717) is 11.9 Å². The first-order valence-electron chi connectivity index (χ1n) is 12.7. The number of carboxylic acid groups (broad SMARTS) is 1. The van der Waals surface area contributed by atoms with Gasteiger partial charge in [0.15, 0.2) is 0 Å². The Morgan fingerprint density at radius 2 is 1.37 bits per heavy atom. The lowest BCUT2D eigenvalue weighted by molar-refractivity contribution is -0.136. The summed E-state index contributed by atoms with van der Waals surface area (Å²) in [4.78, 5) is 23.9. The standard InChI is InChI=1S/C12H15NO.C8H8O2.C4H4BIO3.C4H9N/c14-12(13-8-4-5-9-13)10-11-6-2-1-3-7-11;9-8(10)6-7-4-2-1-3-5-7;6-4-2-9-1-3(4)5(7)8;1-2-4-5-3-1/h1-3,6-7H,4-5,8-10H2;1-5H,6H2,(H,9,10);1-2,7-8H;5H,1-4H2. The number of carbonyl (C=O) groups excluding carboxylic acids is 1. The highest BCUT2D eigenvalue weighted by molar-refractivity contribution is 14.1. The van der Waals surface area contributed by atoms with E-state index in [-0.39, 0.29) is 12.3 Å². The molecule has 0 unspecified atom stereocenters. The molecule has 0 saturated carbocycles. The molecule has 0 radical (unpaired) electrons. The van der Waals surface area contributed by atoms with Gasteiger partial charge in [-0.15, -0.1) is 0 Å². The molecular formula is C28H36BIN2O6. The summed E-state index contributed by atoms with van der Waals surface area (Å²) in [6, 6.07) is 19.1. The smallest absolute Gasteiger partial charge is 0.481 e. The summed E-state index contributed by atoms with van der Waals surface area (Å²) >= 11 is 1.96. The van der Waals surface area contributed by atoms with E-state index in [0.717, 1.165) is 27.8 Å². The number of carboxylic acids is 1. The third-order valence-corrected chi connectivity index (χ3v) is 6.61. The number of nitrogens with zero attached hydrogens (tertiary/aromatic N) is 1. The molecule has 1 aromatic heterocycles. The van der Waals surface area contributed by atoms with Gasteiger partial charge in [-0.3, -0.25) is 9.59 Å². The molecule has 38 heavy (non-hydrogen) atoms. The number of rotatable bonds is 5. The molecule has 204 valence electrons. The average Bonchev–Trinajstić information content (AvgIpc) is 3.70. The molecule has 10 heteroatoms. The molecule has 1 amide bonds. The van der Waals surface area contributed by atoms with Crippen LogP contribution in [0, 0.1) is 3.57 Å². The van der Waals surface area contributed by atoms with E-state index in [1.165, 1.54) is 51.3 Å². The Hall–Kier alpha value is -2.67. The molecule has 5 rings (SSSR count). The van der Waals surface area contributed by atoms with Gasteiger partial charge in [-0.1, -0.05) is 60.7 Å². The second kappa shape index (κ2) is 18.6. The first-order valence-corrected chi connectivity index (χ1v) is 13.8. The molecule has 0 bridgehead atoms. The number of likely N-dealkylation sites (tertiary alicyclic amines) is 1. The largest absolute Gasteiger partial charge is 0.492 e. The van der Waals surface area contributed by atoms with Crippen molar-refractivity contribution < 1.29 is 29.2 Å². The van der Waals surface area contributed by atoms with E-state index in [1.807, 2.05) is 76.0 Å². The number of carbonyl (C=O) groups is 2. The summed E-state index contributed by atoms with van der Waals surface area (Å²) in [7, 11) is -1.42. The maximum Gasteiger partial charge on any atom is 0.492 e. The molecular weight excluding hydrogens is 598 g/mol. The van der Waals surface area contributed by atoms with Crippen LogP contribution in [0.15, 0.2) is 77.6 Å². The number of hydrogen-bond acceptors (Lipinski definition) is 6. The zero-order valence-electron chi connectivity index (χ0n) is 21.5. The lowest BCUT2D eigenvalue weighted by atomic mass is 9.83. The van der Waals surface area contributed by atoms with E-state index in [2.05, 4.69) is 9.73 Å². The van der Waals surface area contributed by atoms with Crippen molar-refractivity contribution in [2.75, 3.05) is 26.2 Å². The topological polar surface area (TPSA) is 123 Å². The van der Waals surface area contributed by atoms with E-state index >= 15 is 0 Å². The fraction of sp³-hybridized carbons (Fsp3) is 0.357. The van der Waals surface area contributed by atoms with E-state index in [9.17, 15) is 9.59 Å². The van der Waals surface area contributed by atoms with Gasteiger partial charge in [0.2, 0.25) is 5.91 Å². The summed E-state index contributed by atoms with van der Waals surface area (Å²) in [5.74, 6) is -0.514. The van der Waals surface area contributed by atoms with Crippen LogP contribution in [0.25, 0.3) is 0 Å². The summed E-state index contributed by atoms with van der Waals surface area (Å²) in [6.07, 6.45) is 8.55. The lowest BCUT2D eigenvalue weighted by Crippen LogP contribution is -2.30. The second-order valence-electron chi connectivity index (χ2n) is 8.81. The number of benzene rings is 2. The summed E-state index contributed by atoms with van der Waals surface area (Å²) in [6.45, 7) is 4.40. The van der Waals surface area contributed by atoms with Crippen molar-refractivity contribution in [3.05, 3.63) is 87.9 Å². The van der Waals surface area contributed by atoms with E-state index in [1.54, 1.807) is 12.1 Å². The van der Waals surface area contributed by atoms with Crippen LogP contribution in [0.5, 0.6) is 0 Å². The minimum absolute atomic E-state index is 0.112. The van der Waals surface area contributed by atoms with Gasteiger partial charge in [-0.05, 0) is 72.5 Å². The van der Waals surface area contributed by atoms with Crippen molar-refractivity contribution in [2.45, 2.75) is 38.5 Å². The Kier molecular flexibility index (Phi) is 15.4. The van der Waals surface area contributed by atoms with Crippen LogP contribution in [0.1, 0.15) is 36.8 Å². The number of halogens is 1. The van der Waals surface area contributed by atoms with Crippen molar-refractivity contribution in [3.8, 4) is 0 Å². The van der Waals surface area contributed by atoms with Gasteiger partial charge in [-0.2, -0.15) is 0 Å². The molecule has 8 nitrogen and oxygen atoms in total.